The lowest BCUT2D eigenvalue weighted by Crippen LogP contribution is -2.32. The molecular weight excluding hydrogens is 468 g/mol. The zero-order valence-corrected chi connectivity index (χ0v) is 24.4. The minimum Gasteiger partial charge on any atom is -0.444 e. The van der Waals surface area contributed by atoms with Crippen molar-refractivity contribution >= 4 is 33.8 Å². The van der Waals surface area contributed by atoms with Crippen LogP contribution in [0.25, 0.3) is 0 Å². The average molecular weight is 521 g/mol. The molecular formula is C26H52N2O4S2. The molecule has 2 amide bonds. The van der Waals surface area contributed by atoms with Crippen LogP contribution in [0.1, 0.15) is 119 Å². The molecule has 0 aliphatic heterocycles. The first-order valence-electron chi connectivity index (χ1n) is 13.2. The summed E-state index contributed by atoms with van der Waals surface area (Å²) in [5, 5.41) is 5.64. The monoisotopic (exact) mass is 520 g/mol. The van der Waals surface area contributed by atoms with Gasteiger partial charge < -0.3 is 20.1 Å². The summed E-state index contributed by atoms with van der Waals surface area (Å²) in [5.41, 5.74) is -0.851. The summed E-state index contributed by atoms with van der Waals surface area (Å²) < 4.78 is 10.4. The summed E-state index contributed by atoms with van der Waals surface area (Å²) in [4.78, 5) is 23.1. The molecule has 0 heterocycles. The third kappa shape index (κ3) is 27.5. The van der Waals surface area contributed by atoms with E-state index in [0.29, 0.717) is 13.1 Å². The molecule has 0 aromatic heterocycles. The minimum absolute atomic E-state index is 0.313. The Balaban J connectivity index is 3.21. The highest BCUT2D eigenvalue weighted by molar-refractivity contribution is 8.76. The Morgan fingerprint density at radius 1 is 0.529 bits per heavy atom. The van der Waals surface area contributed by atoms with Crippen LogP contribution in [0.15, 0.2) is 0 Å². The van der Waals surface area contributed by atoms with Crippen LogP contribution in [0.4, 0.5) is 9.59 Å². The van der Waals surface area contributed by atoms with E-state index in [1.807, 2.05) is 63.1 Å². The fourth-order valence-corrected chi connectivity index (χ4v) is 5.41. The van der Waals surface area contributed by atoms with Crippen LogP contribution in [-0.4, -0.2) is 48.0 Å². The number of carbonyl (C=O) groups is 2. The molecule has 8 heteroatoms. The molecule has 0 aromatic carbocycles. The van der Waals surface area contributed by atoms with Crippen LogP contribution in [0.5, 0.6) is 0 Å². The maximum atomic E-state index is 11.5. The van der Waals surface area contributed by atoms with Crippen LogP contribution in [0.2, 0.25) is 0 Å². The minimum atomic E-state index is -0.426. The molecule has 0 bridgehead atoms. The molecule has 0 atom stereocenters. The van der Waals surface area contributed by atoms with Crippen LogP contribution in [0, 0.1) is 0 Å². The van der Waals surface area contributed by atoms with E-state index in [0.717, 1.165) is 25.7 Å². The summed E-state index contributed by atoms with van der Waals surface area (Å²) in [6, 6.07) is 0. The lowest BCUT2D eigenvalue weighted by atomic mass is 10.1. The summed E-state index contributed by atoms with van der Waals surface area (Å²) in [7, 11) is 4.03. The van der Waals surface area contributed by atoms with E-state index in [1.165, 1.54) is 62.9 Å². The van der Waals surface area contributed by atoms with Crippen molar-refractivity contribution in [1.82, 2.24) is 10.6 Å². The number of nitrogens with one attached hydrogen (secondary N) is 2. The number of rotatable bonds is 19. The molecule has 0 fully saturated rings. The smallest absolute Gasteiger partial charge is 0.407 e. The molecule has 202 valence electrons. The SMILES string of the molecule is CC(C)(C)OC(=O)NCCCCCCCCSSCCCCCCCCNC(=O)OC(C)(C)C. The maximum absolute atomic E-state index is 11.5. The van der Waals surface area contributed by atoms with Crippen LogP contribution in [0.3, 0.4) is 0 Å². The predicted molar refractivity (Wildman–Crippen MR) is 149 cm³/mol. The van der Waals surface area contributed by atoms with E-state index < -0.39 is 11.2 Å². The van der Waals surface area contributed by atoms with Gasteiger partial charge >= 0.3 is 12.2 Å². The fraction of sp³-hybridized carbons (Fsp3) is 0.923. The van der Waals surface area contributed by atoms with E-state index in [4.69, 9.17) is 9.47 Å². The van der Waals surface area contributed by atoms with Crippen molar-refractivity contribution in [3.05, 3.63) is 0 Å². The second-order valence-electron chi connectivity index (χ2n) is 10.7. The summed E-state index contributed by atoms with van der Waals surface area (Å²) in [6.45, 7) is 12.7. The molecule has 0 radical (unpaired) electrons. The molecule has 0 aromatic rings. The van der Waals surface area contributed by atoms with Gasteiger partial charge in [0.2, 0.25) is 0 Å². The third-order valence-corrected chi connectivity index (χ3v) is 7.31. The van der Waals surface area contributed by atoms with Crippen LogP contribution < -0.4 is 10.6 Å². The van der Waals surface area contributed by atoms with E-state index >= 15 is 0 Å². The Bertz CT molecular complexity index is 474. The molecule has 0 rings (SSSR count). The highest BCUT2D eigenvalue weighted by Crippen LogP contribution is 2.24. The first-order chi connectivity index (χ1) is 16.0. The molecule has 34 heavy (non-hydrogen) atoms. The van der Waals surface area contributed by atoms with Gasteiger partial charge in [0.05, 0.1) is 0 Å². The van der Waals surface area contributed by atoms with Crippen LogP contribution in [-0.2, 0) is 9.47 Å². The number of hydrogen-bond donors (Lipinski definition) is 2. The van der Waals surface area contributed by atoms with Crippen LogP contribution >= 0.6 is 21.6 Å². The second-order valence-corrected chi connectivity index (χ2v) is 13.4. The number of carbonyl (C=O) groups excluding carboxylic acids is 2. The second kappa shape index (κ2) is 20.4. The Morgan fingerprint density at radius 3 is 1.15 bits per heavy atom. The summed E-state index contributed by atoms with van der Waals surface area (Å²) in [6.07, 6.45) is 14.0. The van der Waals surface area contributed by atoms with Gasteiger partial charge in [-0.1, -0.05) is 73.0 Å². The Labute approximate surface area is 217 Å². The van der Waals surface area contributed by atoms with Crippen molar-refractivity contribution < 1.29 is 19.1 Å². The van der Waals surface area contributed by atoms with E-state index in [9.17, 15) is 9.59 Å². The Kier molecular flexibility index (Phi) is 20.0. The van der Waals surface area contributed by atoms with Crippen molar-refractivity contribution in [3.8, 4) is 0 Å². The van der Waals surface area contributed by atoms with E-state index in [1.54, 1.807) is 0 Å². The highest BCUT2D eigenvalue weighted by atomic mass is 33.1. The van der Waals surface area contributed by atoms with Gasteiger partial charge in [0.25, 0.3) is 0 Å². The number of hydrogen-bond acceptors (Lipinski definition) is 6. The van der Waals surface area contributed by atoms with Gasteiger partial charge in [0.1, 0.15) is 11.2 Å². The highest BCUT2D eigenvalue weighted by Gasteiger charge is 2.16. The quantitative estimate of drug-likeness (QED) is 0.132. The average Bonchev–Trinajstić information content (AvgIpc) is 2.69. The molecule has 0 aliphatic carbocycles. The molecule has 0 saturated carbocycles. The lowest BCUT2D eigenvalue weighted by Gasteiger charge is -2.19. The Hall–Kier alpha value is -0.760. The first-order valence-corrected chi connectivity index (χ1v) is 15.7. The van der Waals surface area contributed by atoms with Crippen molar-refractivity contribution in [3.63, 3.8) is 0 Å². The van der Waals surface area contributed by atoms with Gasteiger partial charge in [0.15, 0.2) is 0 Å². The molecule has 0 aliphatic rings. The number of alkyl carbamates (subject to hydrolysis) is 2. The molecule has 0 saturated heterocycles. The number of unbranched alkanes of at least 4 members (excludes halogenated alkanes) is 10. The van der Waals surface area contributed by atoms with Gasteiger partial charge in [-0.25, -0.2) is 9.59 Å². The largest absolute Gasteiger partial charge is 0.444 e. The zero-order valence-electron chi connectivity index (χ0n) is 22.8. The van der Waals surface area contributed by atoms with Gasteiger partial charge in [-0.05, 0) is 67.2 Å². The summed E-state index contributed by atoms with van der Waals surface area (Å²) in [5.74, 6) is 2.49. The standard InChI is InChI=1S/C26H52N2O4S2/c1-25(2,3)31-23(29)27-19-15-11-7-9-13-17-21-33-34-22-18-14-10-8-12-16-20-28-24(30)32-26(4,5)6/h7-22H2,1-6H3,(H,27,29)(H,28,30). The van der Waals surface area contributed by atoms with Gasteiger partial charge in [-0.2, -0.15) is 0 Å². The van der Waals surface area contributed by atoms with Crippen molar-refractivity contribution in [2.45, 2.75) is 130 Å². The van der Waals surface area contributed by atoms with Crippen molar-refractivity contribution in [2.75, 3.05) is 24.6 Å². The summed E-state index contributed by atoms with van der Waals surface area (Å²) >= 11 is 0. The van der Waals surface area contributed by atoms with Gasteiger partial charge in [-0.15, -0.1) is 0 Å². The zero-order chi connectivity index (χ0) is 25.7. The van der Waals surface area contributed by atoms with Crippen molar-refractivity contribution in [2.24, 2.45) is 0 Å². The van der Waals surface area contributed by atoms with Gasteiger partial charge in [-0.3, -0.25) is 0 Å². The maximum Gasteiger partial charge on any atom is 0.407 e. The molecule has 0 unspecified atom stereocenters. The number of ether oxygens (including phenoxy) is 2. The topological polar surface area (TPSA) is 76.7 Å². The molecule has 6 nitrogen and oxygen atoms in total. The van der Waals surface area contributed by atoms with Crippen molar-refractivity contribution in [1.29, 1.82) is 0 Å². The molecule has 2 N–H and O–H groups in total. The normalized spacial score (nSPS) is 11.8. The number of amides is 2. The first kappa shape index (κ1) is 33.2. The lowest BCUT2D eigenvalue weighted by molar-refractivity contribution is 0.0515. The predicted octanol–water partition coefficient (Wildman–Crippen LogP) is 8.10. The van der Waals surface area contributed by atoms with E-state index in [-0.39, 0.29) is 12.2 Å². The molecule has 0 spiro atoms. The van der Waals surface area contributed by atoms with Gasteiger partial charge in [0, 0.05) is 24.6 Å². The van der Waals surface area contributed by atoms with E-state index in [2.05, 4.69) is 10.6 Å². The fourth-order valence-electron chi connectivity index (χ4n) is 3.11. The third-order valence-electron chi connectivity index (χ3n) is 4.73. The Morgan fingerprint density at radius 2 is 0.824 bits per heavy atom.